The predicted octanol–water partition coefficient (Wildman–Crippen LogP) is 3.31. The highest BCUT2D eigenvalue weighted by Crippen LogP contribution is 2.40. The minimum atomic E-state index is -2.01. The van der Waals surface area contributed by atoms with E-state index in [-0.39, 0.29) is 36.7 Å². The van der Waals surface area contributed by atoms with Crippen LogP contribution in [0, 0.1) is 0 Å². The molecule has 1 fully saturated rings. The summed E-state index contributed by atoms with van der Waals surface area (Å²) < 4.78 is 34.5. The lowest BCUT2D eigenvalue weighted by Gasteiger charge is -2.41. The summed E-state index contributed by atoms with van der Waals surface area (Å²) in [5.74, 6) is -0.723. The Bertz CT molecular complexity index is 437. The highest BCUT2D eigenvalue weighted by molar-refractivity contribution is 6.74. The van der Waals surface area contributed by atoms with Crippen molar-refractivity contribution in [3.05, 3.63) is 0 Å². The Labute approximate surface area is 172 Å². The smallest absolute Gasteiger partial charge is 0.192 e. The molecule has 1 N–H and O–H groups in total. The van der Waals surface area contributed by atoms with E-state index in [9.17, 15) is 5.11 Å². The molecule has 7 nitrogen and oxygen atoms in total. The summed E-state index contributed by atoms with van der Waals surface area (Å²) in [6.45, 7) is 16.7. The molecule has 168 valence electrons. The molecule has 0 unspecified atom stereocenters. The van der Waals surface area contributed by atoms with Gasteiger partial charge >= 0.3 is 0 Å². The zero-order valence-electron chi connectivity index (χ0n) is 19.1. The molecule has 0 bridgehead atoms. The van der Waals surface area contributed by atoms with E-state index in [1.807, 2.05) is 13.8 Å². The van der Waals surface area contributed by atoms with Crippen LogP contribution in [0.25, 0.3) is 0 Å². The van der Waals surface area contributed by atoms with Crippen LogP contribution in [0.1, 0.15) is 47.5 Å². The molecule has 28 heavy (non-hydrogen) atoms. The lowest BCUT2D eigenvalue weighted by molar-refractivity contribution is -0.156. The summed E-state index contributed by atoms with van der Waals surface area (Å²) >= 11 is 0. The molecule has 8 heteroatoms. The van der Waals surface area contributed by atoms with Crippen LogP contribution >= 0.6 is 0 Å². The largest absolute Gasteiger partial charge is 0.411 e. The maximum Gasteiger partial charge on any atom is 0.192 e. The Balaban J connectivity index is 2.66. The Morgan fingerprint density at radius 3 is 2.29 bits per heavy atom. The monoisotopic (exact) mass is 422 g/mol. The number of rotatable bonds is 13. The van der Waals surface area contributed by atoms with Gasteiger partial charge in [-0.2, -0.15) is 0 Å². The maximum absolute atomic E-state index is 9.79. The van der Waals surface area contributed by atoms with Crippen molar-refractivity contribution in [2.24, 2.45) is 0 Å². The first kappa shape index (κ1) is 26.0. The molecule has 0 saturated carbocycles. The van der Waals surface area contributed by atoms with Crippen molar-refractivity contribution >= 4 is 8.32 Å². The number of methoxy groups -OCH3 is 1. The predicted molar refractivity (Wildman–Crippen MR) is 111 cm³/mol. The van der Waals surface area contributed by atoms with Gasteiger partial charge in [-0.1, -0.05) is 20.8 Å². The van der Waals surface area contributed by atoms with Crippen molar-refractivity contribution in [2.75, 3.05) is 40.3 Å². The molecular weight excluding hydrogens is 380 g/mol. The summed E-state index contributed by atoms with van der Waals surface area (Å²) in [5, 5.41) is 9.87. The van der Waals surface area contributed by atoms with E-state index in [2.05, 4.69) is 33.9 Å². The fourth-order valence-electron chi connectivity index (χ4n) is 2.87. The molecule has 0 aliphatic carbocycles. The van der Waals surface area contributed by atoms with E-state index < -0.39 is 14.1 Å². The average molecular weight is 423 g/mol. The molecule has 1 heterocycles. The Kier molecular flexibility index (Phi) is 10.5. The number of ether oxygens (including phenoxy) is 5. The van der Waals surface area contributed by atoms with Crippen LogP contribution in [0.2, 0.25) is 18.1 Å². The van der Waals surface area contributed by atoms with Gasteiger partial charge in [-0.25, -0.2) is 0 Å². The van der Waals surface area contributed by atoms with Crippen LogP contribution < -0.4 is 0 Å². The molecule has 0 amide bonds. The van der Waals surface area contributed by atoms with Crippen molar-refractivity contribution < 1.29 is 33.2 Å². The van der Waals surface area contributed by atoms with E-state index in [1.54, 1.807) is 7.11 Å². The first-order valence-corrected chi connectivity index (χ1v) is 13.1. The second kappa shape index (κ2) is 11.4. The third-order valence-corrected chi connectivity index (χ3v) is 9.90. The van der Waals surface area contributed by atoms with Crippen LogP contribution in [-0.4, -0.2) is 77.9 Å². The van der Waals surface area contributed by atoms with Gasteiger partial charge < -0.3 is 33.2 Å². The van der Waals surface area contributed by atoms with Gasteiger partial charge in [0.15, 0.2) is 14.1 Å². The number of aliphatic hydroxyl groups is 1. The second-order valence-electron chi connectivity index (χ2n) is 9.31. The Morgan fingerprint density at radius 1 is 1.07 bits per heavy atom. The molecule has 1 aliphatic heterocycles. The van der Waals surface area contributed by atoms with Gasteiger partial charge in [0, 0.05) is 13.7 Å². The summed E-state index contributed by atoms with van der Waals surface area (Å²) in [4.78, 5) is 0. The lowest BCUT2D eigenvalue weighted by atomic mass is 10.0. The molecular formula is C20H42O7Si. The third-order valence-electron chi connectivity index (χ3n) is 5.40. The third kappa shape index (κ3) is 8.35. The number of aliphatic hydroxyl groups excluding tert-OH is 1. The molecule has 1 saturated heterocycles. The molecule has 1 rings (SSSR count). The zero-order valence-corrected chi connectivity index (χ0v) is 20.1. The second-order valence-corrected chi connectivity index (χ2v) is 14.1. The Hall–Kier alpha value is -0.0631. The van der Waals surface area contributed by atoms with Crippen molar-refractivity contribution in [1.29, 1.82) is 0 Å². The molecule has 0 aromatic rings. The standard InChI is InChI=1S/C20H42O7Si/c1-19(2,3)28(7,8)27-16(10-9-11-23-15-24-13-12-22-6)18-17(14-21)25-20(4,5)26-18/h16-18,21H,9-15H2,1-8H3/t16-,17-,18+/m1/s1. The highest BCUT2D eigenvalue weighted by Gasteiger charge is 2.48. The Morgan fingerprint density at radius 2 is 1.71 bits per heavy atom. The van der Waals surface area contributed by atoms with Crippen molar-refractivity contribution in [1.82, 2.24) is 0 Å². The van der Waals surface area contributed by atoms with Crippen molar-refractivity contribution in [2.45, 2.75) is 89.7 Å². The fourth-order valence-corrected chi connectivity index (χ4v) is 4.23. The molecule has 0 aromatic carbocycles. The average Bonchev–Trinajstić information content (AvgIpc) is 2.90. The normalized spacial score (nSPS) is 23.9. The molecule has 3 atom stereocenters. The van der Waals surface area contributed by atoms with Crippen molar-refractivity contribution in [3.8, 4) is 0 Å². The molecule has 0 spiro atoms. The molecule has 1 aliphatic rings. The van der Waals surface area contributed by atoms with E-state index >= 15 is 0 Å². The van der Waals surface area contributed by atoms with Crippen LogP contribution in [0.3, 0.4) is 0 Å². The fraction of sp³-hybridized carbons (Fsp3) is 1.00. The number of hydrogen-bond acceptors (Lipinski definition) is 7. The first-order valence-electron chi connectivity index (χ1n) is 10.2. The number of hydrogen-bond donors (Lipinski definition) is 1. The van der Waals surface area contributed by atoms with Crippen LogP contribution in [-0.2, 0) is 28.1 Å². The maximum atomic E-state index is 9.79. The van der Waals surface area contributed by atoms with Gasteiger partial charge in [-0.05, 0) is 44.8 Å². The first-order chi connectivity index (χ1) is 12.9. The minimum absolute atomic E-state index is 0.0840. The van der Waals surface area contributed by atoms with E-state index in [0.29, 0.717) is 19.8 Å². The topological polar surface area (TPSA) is 75.6 Å². The lowest BCUT2D eigenvalue weighted by Crippen LogP contribution is -2.49. The van der Waals surface area contributed by atoms with Gasteiger partial charge in [0.05, 0.1) is 25.9 Å². The highest BCUT2D eigenvalue weighted by atomic mass is 28.4. The quantitative estimate of drug-likeness (QED) is 0.277. The van der Waals surface area contributed by atoms with Gasteiger partial charge in [0.25, 0.3) is 0 Å². The summed E-state index contributed by atoms with van der Waals surface area (Å²) in [6, 6.07) is 0. The summed E-state index contributed by atoms with van der Waals surface area (Å²) in [6.07, 6.45) is 0.740. The van der Waals surface area contributed by atoms with Crippen LogP contribution in [0.4, 0.5) is 0 Å². The van der Waals surface area contributed by atoms with Crippen LogP contribution in [0.15, 0.2) is 0 Å². The van der Waals surface area contributed by atoms with Gasteiger partial charge in [0.1, 0.15) is 19.0 Å². The van der Waals surface area contributed by atoms with E-state index in [4.69, 9.17) is 28.1 Å². The van der Waals surface area contributed by atoms with Crippen LogP contribution in [0.5, 0.6) is 0 Å². The zero-order chi connectivity index (χ0) is 21.4. The minimum Gasteiger partial charge on any atom is -0.411 e. The van der Waals surface area contributed by atoms with E-state index in [1.165, 1.54) is 0 Å². The van der Waals surface area contributed by atoms with Gasteiger partial charge in [-0.15, -0.1) is 0 Å². The molecule has 0 radical (unpaired) electrons. The van der Waals surface area contributed by atoms with Crippen molar-refractivity contribution in [3.63, 3.8) is 0 Å². The van der Waals surface area contributed by atoms with E-state index in [0.717, 1.165) is 12.8 Å². The van der Waals surface area contributed by atoms with Gasteiger partial charge in [0.2, 0.25) is 0 Å². The summed E-state index contributed by atoms with van der Waals surface area (Å²) in [5.41, 5.74) is 0. The molecule has 0 aromatic heterocycles. The SMILES string of the molecule is COCCOCOCCC[C@@H](O[Si](C)(C)C(C)(C)C)[C@@H]1OC(C)(C)O[C@@H]1CO. The van der Waals surface area contributed by atoms with Gasteiger partial charge in [-0.3, -0.25) is 0 Å². The summed E-state index contributed by atoms with van der Waals surface area (Å²) in [7, 11) is -0.370.